The highest BCUT2D eigenvalue weighted by atomic mass is 16.2. The number of hydrazone groups is 1. The zero-order valence-electron chi connectivity index (χ0n) is 19.1. The van der Waals surface area contributed by atoms with E-state index < -0.39 is 0 Å². The average molecular weight is 454 g/mol. The number of nitrogens with one attached hydrogen (secondary N) is 2. The molecule has 2 N–H and O–H groups in total. The van der Waals surface area contributed by atoms with Gasteiger partial charge in [0.1, 0.15) is 5.69 Å². The number of rotatable bonds is 9. The van der Waals surface area contributed by atoms with Crippen molar-refractivity contribution in [3.8, 4) is 0 Å². The number of anilines is 1. The van der Waals surface area contributed by atoms with E-state index in [2.05, 4.69) is 44.5 Å². The molecule has 0 bridgehead atoms. The lowest BCUT2D eigenvalue weighted by atomic mass is 10.1. The topological polar surface area (TPSA) is 90.4 Å². The van der Waals surface area contributed by atoms with Crippen LogP contribution in [-0.2, 0) is 17.8 Å². The maximum atomic E-state index is 12.2. The number of nitrogens with zero attached hydrogens (tertiary/aromatic N) is 3. The number of para-hydroxylation sites is 2. The quantitative estimate of drug-likeness (QED) is 0.296. The first-order chi connectivity index (χ1) is 16.6. The van der Waals surface area contributed by atoms with Gasteiger partial charge in [-0.3, -0.25) is 9.59 Å². The van der Waals surface area contributed by atoms with Gasteiger partial charge in [-0.05, 0) is 42.3 Å². The number of aryl methyl sites for hydroxylation is 1. The largest absolute Gasteiger partial charge is 0.367 e. The molecule has 0 fully saturated rings. The smallest absolute Gasteiger partial charge is 0.270 e. The van der Waals surface area contributed by atoms with Crippen LogP contribution in [0, 0.1) is 0 Å². The van der Waals surface area contributed by atoms with Crippen molar-refractivity contribution < 1.29 is 4.79 Å². The molecule has 0 aliphatic heterocycles. The SMILES string of the molecule is CCN(Cc1ccccc1)c1ccc(/C=N\NC(=O)CCc2nc3ccccc3[nH]c2=O)cc1. The molecule has 0 spiro atoms. The van der Waals surface area contributed by atoms with E-state index in [0.717, 1.165) is 24.3 Å². The van der Waals surface area contributed by atoms with Crippen LogP contribution in [0.2, 0.25) is 0 Å². The maximum Gasteiger partial charge on any atom is 0.270 e. The van der Waals surface area contributed by atoms with Crippen molar-refractivity contribution in [3.63, 3.8) is 0 Å². The minimum atomic E-state index is -0.276. The summed E-state index contributed by atoms with van der Waals surface area (Å²) in [5, 5.41) is 4.04. The van der Waals surface area contributed by atoms with Gasteiger partial charge in [0, 0.05) is 31.6 Å². The number of carbonyl (C=O) groups excluding carboxylic acids is 1. The number of carbonyl (C=O) groups is 1. The van der Waals surface area contributed by atoms with Crippen LogP contribution in [0.3, 0.4) is 0 Å². The van der Waals surface area contributed by atoms with Gasteiger partial charge in [0.05, 0.1) is 17.2 Å². The van der Waals surface area contributed by atoms with Gasteiger partial charge in [-0.2, -0.15) is 5.10 Å². The summed E-state index contributed by atoms with van der Waals surface area (Å²) < 4.78 is 0. The summed E-state index contributed by atoms with van der Waals surface area (Å²) in [7, 11) is 0. The van der Waals surface area contributed by atoms with Crippen LogP contribution in [0.4, 0.5) is 5.69 Å². The molecular formula is C27H27N5O2. The molecule has 4 rings (SSSR count). The Morgan fingerprint density at radius 3 is 2.53 bits per heavy atom. The minimum Gasteiger partial charge on any atom is -0.367 e. The third-order valence-corrected chi connectivity index (χ3v) is 5.52. The van der Waals surface area contributed by atoms with E-state index in [1.807, 2.05) is 60.7 Å². The second kappa shape index (κ2) is 11.0. The molecule has 1 amide bonds. The molecule has 7 nitrogen and oxygen atoms in total. The molecule has 0 radical (unpaired) electrons. The molecule has 0 atom stereocenters. The summed E-state index contributed by atoms with van der Waals surface area (Å²) in [6, 6.07) is 25.7. The van der Waals surface area contributed by atoms with Crippen molar-refractivity contribution in [3.05, 3.63) is 106 Å². The van der Waals surface area contributed by atoms with Crippen LogP contribution in [-0.4, -0.2) is 28.6 Å². The lowest BCUT2D eigenvalue weighted by molar-refractivity contribution is -0.121. The Hall–Kier alpha value is -4.26. The predicted molar refractivity (Wildman–Crippen MR) is 136 cm³/mol. The van der Waals surface area contributed by atoms with Crippen LogP contribution >= 0.6 is 0 Å². The zero-order valence-corrected chi connectivity index (χ0v) is 19.1. The second-order valence-electron chi connectivity index (χ2n) is 7.91. The summed E-state index contributed by atoms with van der Waals surface area (Å²) in [5.74, 6) is -0.276. The Morgan fingerprint density at radius 2 is 1.76 bits per heavy atom. The third kappa shape index (κ3) is 5.95. The van der Waals surface area contributed by atoms with Gasteiger partial charge in [-0.1, -0.05) is 54.6 Å². The van der Waals surface area contributed by atoms with Gasteiger partial charge >= 0.3 is 0 Å². The van der Waals surface area contributed by atoms with Crippen molar-refractivity contribution >= 4 is 28.8 Å². The Morgan fingerprint density at radius 1 is 1.03 bits per heavy atom. The zero-order chi connectivity index (χ0) is 23.8. The summed E-state index contributed by atoms with van der Waals surface area (Å²) in [4.78, 5) is 33.8. The molecule has 172 valence electrons. The Labute approximate surface area is 198 Å². The van der Waals surface area contributed by atoms with Gasteiger partial charge in [0.2, 0.25) is 5.91 Å². The maximum absolute atomic E-state index is 12.2. The fraction of sp³-hybridized carbons (Fsp3) is 0.185. The van der Waals surface area contributed by atoms with E-state index in [4.69, 9.17) is 0 Å². The molecule has 0 aliphatic rings. The fourth-order valence-electron chi connectivity index (χ4n) is 3.66. The van der Waals surface area contributed by atoms with Crippen LogP contribution in [0.15, 0.2) is 88.8 Å². The molecule has 1 heterocycles. The Kier molecular flexibility index (Phi) is 7.45. The van der Waals surface area contributed by atoms with Crippen molar-refractivity contribution in [2.24, 2.45) is 5.10 Å². The van der Waals surface area contributed by atoms with Crippen LogP contribution in [0.25, 0.3) is 11.0 Å². The van der Waals surface area contributed by atoms with E-state index in [9.17, 15) is 9.59 Å². The summed E-state index contributed by atoms with van der Waals surface area (Å²) in [6.07, 6.45) is 1.97. The van der Waals surface area contributed by atoms with Gasteiger partial charge in [-0.25, -0.2) is 10.4 Å². The molecular weight excluding hydrogens is 426 g/mol. The molecule has 0 saturated heterocycles. The van der Waals surface area contributed by atoms with Crippen molar-refractivity contribution in [2.75, 3.05) is 11.4 Å². The first-order valence-corrected chi connectivity index (χ1v) is 11.3. The lowest BCUT2D eigenvalue weighted by Crippen LogP contribution is -2.22. The number of fused-ring (bicyclic) bond motifs is 1. The van der Waals surface area contributed by atoms with E-state index in [1.165, 1.54) is 5.56 Å². The molecule has 3 aromatic carbocycles. The monoisotopic (exact) mass is 453 g/mol. The highest BCUT2D eigenvalue weighted by Gasteiger charge is 2.08. The second-order valence-corrected chi connectivity index (χ2v) is 7.91. The number of benzene rings is 3. The van der Waals surface area contributed by atoms with Crippen molar-refractivity contribution in [2.45, 2.75) is 26.3 Å². The number of aromatic nitrogens is 2. The molecule has 7 heteroatoms. The number of hydrogen-bond acceptors (Lipinski definition) is 5. The van der Waals surface area contributed by atoms with E-state index in [-0.39, 0.29) is 24.3 Å². The van der Waals surface area contributed by atoms with Gasteiger partial charge in [0.25, 0.3) is 5.56 Å². The molecule has 0 aliphatic carbocycles. The van der Waals surface area contributed by atoms with Crippen LogP contribution in [0.1, 0.15) is 30.2 Å². The van der Waals surface area contributed by atoms with Crippen LogP contribution < -0.4 is 15.9 Å². The minimum absolute atomic E-state index is 0.121. The number of aromatic amines is 1. The fourth-order valence-corrected chi connectivity index (χ4v) is 3.66. The summed E-state index contributed by atoms with van der Waals surface area (Å²) in [6.45, 7) is 3.87. The highest BCUT2D eigenvalue weighted by molar-refractivity contribution is 5.83. The Balaban J connectivity index is 1.29. The number of H-pyrrole nitrogens is 1. The number of amides is 1. The average Bonchev–Trinajstić information content (AvgIpc) is 2.87. The molecule has 34 heavy (non-hydrogen) atoms. The standard InChI is InChI=1S/C27H27N5O2/c1-2-32(19-21-8-4-3-5-9-21)22-14-12-20(13-15-22)18-28-31-26(33)17-16-25-27(34)30-24-11-7-6-10-23(24)29-25/h3-15,18H,2,16-17,19H2,1H3,(H,30,34)(H,31,33)/b28-18-. The summed E-state index contributed by atoms with van der Waals surface area (Å²) >= 11 is 0. The van der Waals surface area contributed by atoms with Crippen molar-refractivity contribution in [1.29, 1.82) is 0 Å². The highest BCUT2D eigenvalue weighted by Crippen LogP contribution is 2.17. The Bertz CT molecular complexity index is 1330. The normalized spacial score (nSPS) is 11.1. The summed E-state index contributed by atoms with van der Waals surface area (Å²) in [5.41, 5.74) is 7.23. The van der Waals surface area contributed by atoms with Gasteiger partial charge < -0.3 is 9.88 Å². The predicted octanol–water partition coefficient (Wildman–Crippen LogP) is 4.03. The number of hydrogen-bond donors (Lipinski definition) is 2. The third-order valence-electron chi connectivity index (χ3n) is 5.52. The van der Waals surface area contributed by atoms with Crippen molar-refractivity contribution in [1.82, 2.24) is 15.4 Å². The first kappa shape index (κ1) is 22.9. The first-order valence-electron chi connectivity index (χ1n) is 11.3. The lowest BCUT2D eigenvalue weighted by Gasteiger charge is -2.23. The van der Waals surface area contributed by atoms with E-state index in [1.54, 1.807) is 12.3 Å². The van der Waals surface area contributed by atoms with Gasteiger partial charge in [-0.15, -0.1) is 0 Å². The van der Waals surface area contributed by atoms with Crippen LogP contribution in [0.5, 0.6) is 0 Å². The van der Waals surface area contributed by atoms with Gasteiger partial charge in [0.15, 0.2) is 0 Å². The molecule has 1 aromatic heterocycles. The molecule has 4 aromatic rings. The van der Waals surface area contributed by atoms with E-state index in [0.29, 0.717) is 16.7 Å². The van der Waals surface area contributed by atoms with E-state index >= 15 is 0 Å². The molecule has 0 saturated carbocycles. The molecule has 0 unspecified atom stereocenters.